The SMILES string of the molecule is CCC1CCN(CC(NC)c2cccc(F)c2F)C1. The number of nitrogens with one attached hydrogen (secondary N) is 1. The van der Waals surface area contributed by atoms with Gasteiger partial charge < -0.3 is 10.2 Å². The molecule has 2 unspecified atom stereocenters. The fourth-order valence-corrected chi connectivity index (χ4v) is 2.80. The number of rotatable bonds is 5. The van der Waals surface area contributed by atoms with Gasteiger partial charge in [-0.05, 0) is 32.0 Å². The number of benzene rings is 1. The third kappa shape index (κ3) is 3.31. The normalized spacial score (nSPS) is 21.8. The van der Waals surface area contributed by atoms with Crippen molar-refractivity contribution in [3.63, 3.8) is 0 Å². The monoisotopic (exact) mass is 268 g/mol. The van der Waals surface area contributed by atoms with Crippen LogP contribution in [-0.4, -0.2) is 31.6 Å². The lowest BCUT2D eigenvalue weighted by molar-refractivity contribution is 0.283. The predicted molar refractivity (Wildman–Crippen MR) is 73.0 cm³/mol. The van der Waals surface area contributed by atoms with Crippen molar-refractivity contribution in [3.8, 4) is 0 Å². The Kier molecular flexibility index (Phi) is 4.88. The second-order valence-electron chi connectivity index (χ2n) is 5.31. The Morgan fingerprint density at radius 1 is 1.42 bits per heavy atom. The highest BCUT2D eigenvalue weighted by Gasteiger charge is 2.25. The molecule has 1 N–H and O–H groups in total. The summed E-state index contributed by atoms with van der Waals surface area (Å²) in [4.78, 5) is 2.33. The van der Waals surface area contributed by atoms with Gasteiger partial charge in [0.05, 0.1) is 0 Å². The summed E-state index contributed by atoms with van der Waals surface area (Å²) in [5.74, 6) is -0.756. The van der Waals surface area contributed by atoms with Crippen LogP contribution in [0.2, 0.25) is 0 Å². The molecule has 0 aromatic heterocycles. The molecule has 1 heterocycles. The Morgan fingerprint density at radius 3 is 2.84 bits per heavy atom. The summed E-state index contributed by atoms with van der Waals surface area (Å²) in [7, 11) is 1.79. The third-order valence-electron chi connectivity index (χ3n) is 4.09. The fraction of sp³-hybridized carbons (Fsp3) is 0.600. The van der Waals surface area contributed by atoms with Crippen molar-refractivity contribution in [1.82, 2.24) is 10.2 Å². The first-order chi connectivity index (χ1) is 9.15. The van der Waals surface area contributed by atoms with Crippen LogP contribution in [0.5, 0.6) is 0 Å². The maximum absolute atomic E-state index is 13.8. The number of halogens is 2. The number of likely N-dealkylation sites (N-methyl/N-ethyl adjacent to an activating group) is 1. The molecule has 0 saturated carbocycles. The molecule has 0 amide bonds. The number of hydrogen-bond acceptors (Lipinski definition) is 2. The topological polar surface area (TPSA) is 15.3 Å². The van der Waals surface area contributed by atoms with Gasteiger partial charge in [0.2, 0.25) is 0 Å². The highest BCUT2D eigenvalue weighted by atomic mass is 19.2. The Hall–Kier alpha value is -1.00. The van der Waals surface area contributed by atoms with Crippen LogP contribution in [0.3, 0.4) is 0 Å². The van der Waals surface area contributed by atoms with Crippen LogP contribution < -0.4 is 5.32 Å². The molecule has 1 aromatic rings. The second kappa shape index (κ2) is 6.44. The summed E-state index contributed by atoms with van der Waals surface area (Å²) in [6.45, 7) is 5.04. The van der Waals surface area contributed by atoms with E-state index < -0.39 is 11.6 Å². The molecule has 106 valence electrons. The van der Waals surface area contributed by atoms with E-state index in [0.29, 0.717) is 5.56 Å². The molecular formula is C15H22F2N2. The van der Waals surface area contributed by atoms with Crippen LogP contribution in [0.4, 0.5) is 8.78 Å². The van der Waals surface area contributed by atoms with Crippen LogP contribution in [-0.2, 0) is 0 Å². The third-order valence-corrected chi connectivity index (χ3v) is 4.09. The summed E-state index contributed by atoms with van der Waals surface area (Å²) in [6.07, 6.45) is 2.40. The lowest BCUT2D eigenvalue weighted by atomic mass is 10.1. The van der Waals surface area contributed by atoms with Gasteiger partial charge in [-0.2, -0.15) is 0 Å². The zero-order valence-electron chi connectivity index (χ0n) is 11.6. The van der Waals surface area contributed by atoms with E-state index in [1.807, 2.05) is 0 Å². The molecule has 1 fully saturated rings. The van der Waals surface area contributed by atoms with Gasteiger partial charge in [0.25, 0.3) is 0 Å². The van der Waals surface area contributed by atoms with Crippen LogP contribution in [0.1, 0.15) is 31.4 Å². The number of nitrogens with zero attached hydrogens (tertiary/aromatic N) is 1. The molecule has 0 radical (unpaired) electrons. The number of hydrogen-bond donors (Lipinski definition) is 1. The highest BCUT2D eigenvalue weighted by molar-refractivity contribution is 5.23. The largest absolute Gasteiger partial charge is 0.312 e. The zero-order valence-corrected chi connectivity index (χ0v) is 11.6. The van der Waals surface area contributed by atoms with Crippen molar-refractivity contribution in [2.45, 2.75) is 25.8 Å². The van der Waals surface area contributed by atoms with E-state index in [2.05, 4.69) is 17.1 Å². The zero-order chi connectivity index (χ0) is 13.8. The fourth-order valence-electron chi connectivity index (χ4n) is 2.80. The van der Waals surface area contributed by atoms with E-state index in [9.17, 15) is 8.78 Å². The van der Waals surface area contributed by atoms with Crippen molar-refractivity contribution in [1.29, 1.82) is 0 Å². The van der Waals surface area contributed by atoms with Crippen LogP contribution in [0.25, 0.3) is 0 Å². The maximum atomic E-state index is 13.8. The molecule has 0 bridgehead atoms. The first-order valence-electron chi connectivity index (χ1n) is 6.99. The molecule has 19 heavy (non-hydrogen) atoms. The minimum atomic E-state index is -0.773. The van der Waals surface area contributed by atoms with Crippen molar-refractivity contribution < 1.29 is 8.78 Å². The van der Waals surface area contributed by atoms with Crippen LogP contribution in [0.15, 0.2) is 18.2 Å². The van der Waals surface area contributed by atoms with Gasteiger partial charge >= 0.3 is 0 Å². The van der Waals surface area contributed by atoms with Crippen molar-refractivity contribution >= 4 is 0 Å². The number of likely N-dealkylation sites (tertiary alicyclic amines) is 1. The Bertz CT molecular complexity index is 423. The quantitative estimate of drug-likeness (QED) is 0.883. The van der Waals surface area contributed by atoms with Crippen molar-refractivity contribution in [2.75, 3.05) is 26.7 Å². The van der Waals surface area contributed by atoms with E-state index >= 15 is 0 Å². The second-order valence-corrected chi connectivity index (χ2v) is 5.31. The standard InChI is InChI=1S/C15H22F2N2/c1-3-11-7-8-19(9-11)10-14(18-2)12-5-4-6-13(16)15(12)17/h4-6,11,14,18H,3,7-10H2,1-2H3. The summed E-state index contributed by atoms with van der Waals surface area (Å²) in [6, 6.07) is 4.23. The van der Waals surface area contributed by atoms with Gasteiger partial charge in [-0.3, -0.25) is 0 Å². The van der Waals surface area contributed by atoms with Crippen molar-refractivity contribution in [2.24, 2.45) is 5.92 Å². The summed E-state index contributed by atoms with van der Waals surface area (Å²) in [5.41, 5.74) is 0.419. The van der Waals surface area contributed by atoms with E-state index in [1.54, 1.807) is 19.2 Å². The molecule has 1 aliphatic heterocycles. The highest BCUT2D eigenvalue weighted by Crippen LogP contribution is 2.24. The molecule has 1 aromatic carbocycles. The van der Waals surface area contributed by atoms with Gasteiger partial charge in [-0.25, -0.2) is 8.78 Å². The van der Waals surface area contributed by atoms with E-state index in [4.69, 9.17) is 0 Å². The Morgan fingerprint density at radius 2 is 2.21 bits per heavy atom. The smallest absolute Gasteiger partial charge is 0.163 e. The van der Waals surface area contributed by atoms with Crippen LogP contribution in [0, 0.1) is 17.6 Å². The van der Waals surface area contributed by atoms with Gasteiger partial charge in [-0.1, -0.05) is 25.5 Å². The molecule has 1 saturated heterocycles. The Balaban J connectivity index is 2.06. The van der Waals surface area contributed by atoms with Gasteiger partial charge in [0, 0.05) is 24.7 Å². The molecule has 2 nitrogen and oxygen atoms in total. The van der Waals surface area contributed by atoms with Gasteiger partial charge in [0.15, 0.2) is 11.6 Å². The van der Waals surface area contributed by atoms with Crippen molar-refractivity contribution in [3.05, 3.63) is 35.4 Å². The summed E-state index contributed by atoms with van der Waals surface area (Å²) in [5, 5.41) is 3.10. The van der Waals surface area contributed by atoms with Gasteiger partial charge in [0.1, 0.15) is 0 Å². The first-order valence-corrected chi connectivity index (χ1v) is 6.99. The molecular weight excluding hydrogens is 246 g/mol. The average molecular weight is 268 g/mol. The molecule has 0 spiro atoms. The molecule has 2 atom stereocenters. The molecule has 2 rings (SSSR count). The summed E-state index contributed by atoms with van der Waals surface area (Å²) >= 11 is 0. The molecule has 4 heteroatoms. The molecule has 1 aliphatic rings. The minimum Gasteiger partial charge on any atom is -0.312 e. The summed E-state index contributed by atoms with van der Waals surface area (Å²) < 4.78 is 27.1. The Labute approximate surface area is 113 Å². The van der Waals surface area contributed by atoms with E-state index in [0.717, 1.165) is 31.6 Å². The lowest BCUT2D eigenvalue weighted by Crippen LogP contribution is -2.33. The molecule has 0 aliphatic carbocycles. The van der Waals surface area contributed by atoms with Crippen LogP contribution >= 0.6 is 0 Å². The predicted octanol–water partition coefficient (Wildman–Crippen LogP) is 2.96. The van der Waals surface area contributed by atoms with E-state index in [1.165, 1.54) is 12.8 Å². The average Bonchev–Trinajstić information content (AvgIpc) is 2.87. The first kappa shape index (κ1) is 14.4. The maximum Gasteiger partial charge on any atom is 0.163 e. The van der Waals surface area contributed by atoms with E-state index in [-0.39, 0.29) is 6.04 Å². The minimum absolute atomic E-state index is 0.161. The lowest BCUT2D eigenvalue weighted by Gasteiger charge is -2.24. The van der Waals surface area contributed by atoms with Gasteiger partial charge in [-0.15, -0.1) is 0 Å².